The molecule has 0 unspecified atom stereocenters. The van der Waals surface area contributed by atoms with Crippen molar-refractivity contribution in [1.29, 1.82) is 0 Å². The van der Waals surface area contributed by atoms with E-state index in [-0.39, 0.29) is 23.0 Å². The van der Waals surface area contributed by atoms with Gasteiger partial charge in [0.15, 0.2) is 11.6 Å². The van der Waals surface area contributed by atoms with Gasteiger partial charge in [-0.05, 0) is 53.1 Å². The van der Waals surface area contributed by atoms with E-state index >= 15 is 4.79 Å². The number of anilines is 1. The summed E-state index contributed by atoms with van der Waals surface area (Å²) < 4.78 is 16.7. The van der Waals surface area contributed by atoms with Crippen LogP contribution < -0.4 is 19.5 Å². The molecule has 7 rings (SSSR count). The number of para-hydroxylation sites is 2. The molecule has 1 amide bonds. The molecule has 3 heterocycles. The zero-order chi connectivity index (χ0) is 30.6. The van der Waals surface area contributed by atoms with E-state index in [0.29, 0.717) is 34.1 Å². The molecule has 3 aliphatic rings. The fraction of sp³-hybridized carbons (Fsp3) is 0.194. The molecule has 0 saturated carbocycles. The number of amides is 1. The molecule has 0 radical (unpaired) electrons. The quantitative estimate of drug-likeness (QED) is 0.278. The number of Topliss-reactive ketones (excluding diaryl/α,β-unsaturated/α-hetero) is 2. The Morgan fingerprint density at radius 3 is 2.27 bits per heavy atom. The molecule has 1 spiro atoms. The van der Waals surface area contributed by atoms with E-state index in [1.165, 1.54) is 21.3 Å². The zero-order valence-electron chi connectivity index (χ0n) is 24.4. The predicted molar refractivity (Wildman–Crippen MR) is 165 cm³/mol. The number of nitrogens with one attached hydrogen (secondary N) is 1. The van der Waals surface area contributed by atoms with Gasteiger partial charge in [-0.2, -0.15) is 0 Å². The third-order valence-corrected chi connectivity index (χ3v) is 9.17. The number of benzene rings is 4. The van der Waals surface area contributed by atoms with Crippen LogP contribution in [0.25, 0.3) is 6.08 Å². The standard InChI is InChI=1S/C36H30N2O6/c1-42-22-16-17-25(29(20-22)44-3)32(39)30-31(33(40)24-12-6-9-15-28(24)43-2)38-19-18-21-10-4-5-11-23(21)34(38)36(30)26-13-7-8-14-27(26)37-35(36)41/h4-20,30-31,34H,1-3H3,(H,37,41)/t30-,31+,34-,36+/m0/s1. The third kappa shape index (κ3) is 3.73. The van der Waals surface area contributed by atoms with Gasteiger partial charge < -0.3 is 24.4 Å². The van der Waals surface area contributed by atoms with Crippen molar-refractivity contribution in [2.24, 2.45) is 5.92 Å². The van der Waals surface area contributed by atoms with Gasteiger partial charge in [-0.1, -0.05) is 54.6 Å². The van der Waals surface area contributed by atoms with Crippen molar-refractivity contribution in [2.45, 2.75) is 17.5 Å². The number of fused-ring (bicyclic) bond motifs is 6. The lowest BCUT2D eigenvalue weighted by Crippen LogP contribution is -2.49. The number of methoxy groups -OCH3 is 3. The highest BCUT2D eigenvalue weighted by molar-refractivity contribution is 6.17. The molecule has 4 atom stereocenters. The second kappa shape index (κ2) is 10.4. The van der Waals surface area contributed by atoms with Crippen molar-refractivity contribution in [1.82, 2.24) is 4.90 Å². The molecule has 0 aliphatic carbocycles. The van der Waals surface area contributed by atoms with Gasteiger partial charge in [-0.3, -0.25) is 14.4 Å². The van der Waals surface area contributed by atoms with Crippen molar-refractivity contribution in [3.05, 3.63) is 125 Å². The Hall–Kier alpha value is -5.37. The number of carbonyl (C=O) groups is 3. The minimum atomic E-state index is -1.46. The highest BCUT2D eigenvalue weighted by Crippen LogP contribution is 2.62. The van der Waals surface area contributed by atoms with Gasteiger partial charge in [0.05, 0.1) is 44.4 Å². The van der Waals surface area contributed by atoms with E-state index in [1.807, 2.05) is 65.7 Å². The van der Waals surface area contributed by atoms with E-state index in [1.54, 1.807) is 42.5 Å². The van der Waals surface area contributed by atoms with Crippen LogP contribution >= 0.6 is 0 Å². The Bertz CT molecular complexity index is 1870. The van der Waals surface area contributed by atoms with Crippen molar-refractivity contribution >= 4 is 29.2 Å². The summed E-state index contributed by atoms with van der Waals surface area (Å²) in [7, 11) is 4.52. The first-order valence-corrected chi connectivity index (χ1v) is 14.3. The average molecular weight is 587 g/mol. The van der Waals surface area contributed by atoms with Crippen molar-refractivity contribution in [3.63, 3.8) is 0 Å². The smallest absolute Gasteiger partial charge is 0.238 e. The molecule has 8 nitrogen and oxygen atoms in total. The van der Waals surface area contributed by atoms with E-state index in [4.69, 9.17) is 14.2 Å². The molecule has 44 heavy (non-hydrogen) atoms. The highest BCUT2D eigenvalue weighted by Gasteiger charge is 2.71. The van der Waals surface area contributed by atoms with Crippen LogP contribution in [0.4, 0.5) is 5.69 Å². The molecular weight excluding hydrogens is 556 g/mol. The number of ether oxygens (including phenoxy) is 3. The lowest BCUT2D eigenvalue weighted by atomic mass is 9.62. The molecule has 0 bridgehead atoms. The number of ketones is 2. The largest absolute Gasteiger partial charge is 0.497 e. The van der Waals surface area contributed by atoms with Gasteiger partial charge in [-0.25, -0.2) is 0 Å². The molecule has 220 valence electrons. The Labute approximate surface area is 254 Å². The molecule has 0 aromatic heterocycles. The number of hydrogen-bond acceptors (Lipinski definition) is 7. The van der Waals surface area contributed by atoms with Crippen LogP contribution in [0.5, 0.6) is 17.2 Å². The number of rotatable bonds is 7. The molecule has 1 saturated heterocycles. The van der Waals surface area contributed by atoms with Crippen LogP contribution in [-0.2, 0) is 10.2 Å². The number of nitrogens with zero attached hydrogens (tertiary/aromatic N) is 1. The first kappa shape index (κ1) is 27.5. The minimum Gasteiger partial charge on any atom is -0.497 e. The maximum absolute atomic E-state index is 15.2. The monoisotopic (exact) mass is 586 g/mol. The molecule has 4 aromatic rings. The molecule has 3 aliphatic heterocycles. The van der Waals surface area contributed by atoms with E-state index in [0.717, 1.165) is 11.1 Å². The van der Waals surface area contributed by atoms with Gasteiger partial charge >= 0.3 is 0 Å². The Kier molecular flexibility index (Phi) is 6.50. The molecule has 8 heteroatoms. The summed E-state index contributed by atoms with van der Waals surface area (Å²) in [6, 6.07) is 25.4. The summed E-state index contributed by atoms with van der Waals surface area (Å²) in [4.78, 5) is 46.6. The third-order valence-electron chi connectivity index (χ3n) is 9.17. The Balaban J connectivity index is 1.55. The summed E-state index contributed by atoms with van der Waals surface area (Å²) >= 11 is 0. The van der Waals surface area contributed by atoms with E-state index in [2.05, 4.69) is 5.32 Å². The molecule has 1 N–H and O–H groups in total. The molecule has 4 aromatic carbocycles. The minimum absolute atomic E-state index is 0.254. The second-order valence-corrected chi connectivity index (χ2v) is 11.1. The Morgan fingerprint density at radius 2 is 1.48 bits per heavy atom. The summed E-state index contributed by atoms with van der Waals surface area (Å²) in [5.41, 5.74) is 2.20. The summed E-state index contributed by atoms with van der Waals surface area (Å²) in [5, 5.41) is 3.07. The van der Waals surface area contributed by atoms with Gasteiger partial charge in [-0.15, -0.1) is 0 Å². The topological polar surface area (TPSA) is 94.2 Å². The lowest BCUT2D eigenvalue weighted by Gasteiger charge is -2.38. The Morgan fingerprint density at radius 1 is 0.773 bits per heavy atom. The summed E-state index contributed by atoms with van der Waals surface area (Å²) in [5.74, 6) is -0.992. The maximum Gasteiger partial charge on any atom is 0.238 e. The summed E-state index contributed by atoms with van der Waals surface area (Å²) in [6.45, 7) is 0. The van der Waals surface area contributed by atoms with Crippen molar-refractivity contribution in [2.75, 3.05) is 26.6 Å². The number of carbonyl (C=O) groups excluding carboxylic acids is 3. The van der Waals surface area contributed by atoms with Gasteiger partial charge in [0.2, 0.25) is 5.91 Å². The van der Waals surface area contributed by atoms with Crippen molar-refractivity contribution in [3.8, 4) is 17.2 Å². The zero-order valence-corrected chi connectivity index (χ0v) is 24.4. The van der Waals surface area contributed by atoms with Gasteiger partial charge in [0, 0.05) is 18.0 Å². The van der Waals surface area contributed by atoms with Crippen LogP contribution in [0.15, 0.2) is 97.2 Å². The van der Waals surface area contributed by atoms with Crippen LogP contribution in [0, 0.1) is 5.92 Å². The van der Waals surface area contributed by atoms with Crippen LogP contribution in [-0.4, -0.2) is 49.7 Å². The van der Waals surface area contributed by atoms with Crippen LogP contribution in [0.2, 0.25) is 0 Å². The van der Waals surface area contributed by atoms with Gasteiger partial charge in [0.1, 0.15) is 28.7 Å². The first-order chi connectivity index (χ1) is 21.4. The summed E-state index contributed by atoms with van der Waals surface area (Å²) in [6.07, 6.45) is 3.78. The molecule has 1 fully saturated rings. The number of hydrogen-bond donors (Lipinski definition) is 1. The first-order valence-electron chi connectivity index (χ1n) is 14.3. The second-order valence-electron chi connectivity index (χ2n) is 11.1. The van der Waals surface area contributed by atoms with E-state index in [9.17, 15) is 9.59 Å². The molecular formula is C36H30N2O6. The maximum atomic E-state index is 15.2. The van der Waals surface area contributed by atoms with Crippen LogP contribution in [0.3, 0.4) is 0 Å². The lowest BCUT2D eigenvalue weighted by molar-refractivity contribution is -0.122. The normalized spacial score (nSPS) is 22.6. The SMILES string of the molecule is COc1ccc(C(=O)[C@@H]2[C@H](C(=O)c3ccccc3OC)N3C=Cc4ccccc4[C@H]3[C@]23C(=O)Nc2ccccc23)c(OC)c1. The van der Waals surface area contributed by atoms with Gasteiger partial charge in [0.25, 0.3) is 0 Å². The average Bonchev–Trinajstić information content (AvgIpc) is 3.55. The van der Waals surface area contributed by atoms with Crippen molar-refractivity contribution < 1.29 is 28.6 Å². The predicted octanol–water partition coefficient (Wildman–Crippen LogP) is 5.69. The highest BCUT2D eigenvalue weighted by atomic mass is 16.5. The van der Waals surface area contributed by atoms with E-state index < -0.39 is 23.4 Å². The fourth-order valence-corrected chi connectivity index (χ4v) is 7.34. The fourth-order valence-electron chi connectivity index (χ4n) is 7.34. The van der Waals surface area contributed by atoms with Crippen LogP contribution in [0.1, 0.15) is 43.4 Å².